The van der Waals surface area contributed by atoms with Crippen molar-refractivity contribution in [2.24, 2.45) is 11.7 Å². The van der Waals surface area contributed by atoms with E-state index < -0.39 is 11.7 Å². The normalized spacial score (nSPS) is 11.1. The van der Waals surface area contributed by atoms with Gasteiger partial charge < -0.3 is 10.3 Å². The summed E-state index contributed by atoms with van der Waals surface area (Å²) in [5, 5.41) is 0.780. The molecule has 0 aliphatic rings. The Balaban J connectivity index is 2.61. The molecule has 0 unspecified atom stereocenters. The van der Waals surface area contributed by atoms with Crippen LogP contribution in [0.15, 0.2) is 30.5 Å². The number of carbonyl (C=O) groups excluding carboxylic acids is 2. The maximum atomic E-state index is 11.8. The predicted octanol–water partition coefficient (Wildman–Crippen LogP) is 1.97. The summed E-state index contributed by atoms with van der Waals surface area (Å²) in [5.74, 6) is -1.09. The number of hydrogen-bond acceptors (Lipinski definition) is 2. The number of carbonyl (C=O) groups is 2. The zero-order valence-electron chi connectivity index (χ0n) is 10.5. The Morgan fingerprint density at radius 2 is 1.94 bits per heavy atom. The number of primary amides is 1. The van der Waals surface area contributed by atoms with Gasteiger partial charge in [0.2, 0.25) is 0 Å². The van der Waals surface area contributed by atoms with Crippen LogP contribution in [0.4, 0.5) is 0 Å². The maximum absolute atomic E-state index is 11.8. The van der Waals surface area contributed by atoms with Gasteiger partial charge in [-0.15, -0.1) is 0 Å². The molecular weight excluding hydrogens is 228 g/mol. The summed E-state index contributed by atoms with van der Waals surface area (Å²) in [7, 11) is 0. The number of amides is 1. The fourth-order valence-electron chi connectivity index (χ4n) is 2.10. The fourth-order valence-corrected chi connectivity index (χ4v) is 2.10. The molecule has 4 heteroatoms. The first-order valence-corrected chi connectivity index (χ1v) is 5.92. The molecule has 2 rings (SSSR count). The van der Waals surface area contributed by atoms with Crippen LogP contribution in [-0.2, 0) is 11.3 Å². The standard InChI is InChI=1S/C14H16N2O2/c1-9(2)7-16-8-11(13(17)14(15)18)10-5-3-4-6-12(10)16/h3-6,8-9H,7H2,1-2H3,(H2,15,18). The highest BCUT2D eigenvalue weighted by molar-refractivity contribution is 6.44. The first-order valence-electron chi connectivity index (χ1n) is 5.92. The minimum absolute atomic E-state index is 0.388. The average Bonchev–Trinajstić information content (AvgIpc) is 2.67. The number of nitrogens with two attached hydrogens (primary N) is 1. The lowest BCUT2D eigenvalue weighted by Gasteiger charge is -2.07. The highest BCUT2D eigenvalue weighted by Gasteiger charge is 2.19. The lowest BCUT2D eigenvalue weighted by atomic mass is 10.1. The van der Waals surface area contributed by atoms with E-state index in [1.165, 1.54) is 0 Å². The molecule has 1 amide bonds. The fraction of sp³-hybridized carbons (Fsp3) is 0.286. The summed E-state index contributed by atoms with van der Waals surface area (Å²) >= 11 is 0. The molecule has 1 heterocycles. The topological polar surface area (TPSA) is 65.1 Å². The smallest absolute Gasteiger partial charge is 0.289 e. The molecule has 0 bridgehead atoms. The molecule has 0 saturated carbocycles. The number of nitrogens with zero attached hydrogens (tertiary/aromatic N) is 1. The number of benzene rings is 1. The van der Waals surface area contributed by atoms with Gasteiger partial charge in [-0.3, -0.25) is 9.59 Å². The van der Waals surface area contributed by atoms with Gasteiger partial charge in [-0.05, 0) is 12.0 Å². The van der Waals surface area contributed by atoms with Crippen molar-refractivity contribution in [1.29, 1.82) is 0 Å². The SMILES string of the molecule is CC(C)Cn1cc(C(=O)C(N)=O)c2ccccc21. The van der Waals surface area contributed by atoms with Gasteiger partial charge in [0.1, 0.15) is 0 Å². The molecule has 18 heavy (non-hydrogen) atoms. The van der Waals surface area contributed by atoms with Crippen LogP contribution >= 0.6 is 0 Å². The van der Waals surface area contributed by atoms with Crippen molar-refractivity contribution in [3.8, 4) is 0 Å². The van der Waals surface area contributed by atoms with Crippen LogP contribution in [0.5, 0.6) is 0 Å². The van der Waals surface area contributed by atoms with Gasteiger partial charge in [0.15, 0.2) is 0 Å². The molecule has 0 aliphatic carbocycles. The lowest BCUT2D eigenvalue weighted by molar-refractivity contribution is -0.114. The summed E-state index contributed by atoms with van der Waals surface area (Å²) in [6.07, 6.45) is 1.72. The van der Waals surface area contributed by atoms with Crippen LogP contribution in [0.1, 0.15) is 24.2 Å². The van der Waals surface area contributed by atoms with Crippen LogP contribution in [-0.4, -0.2) is 16.3 Å². The molecule has 4 nitrogen and oxygen atoms in total. The summed E-state index contributed by atoms with van der Waals surface area (Å²) < 4.78 is 2.00. The van der Waals surface area contributed by atoms with E-state index in [2.05, 4.69) is 13.8 Å². The zero-order chi connectivity index (χ0) is 13.3. The highest BCUT2D eigenvalue weighted by atomic mass is 16.2. The van der Waals surface area contributed by atoms with Crippen molar-refractivity contribution in [3.63, 3.8) is 0 Å². The van der Waals surface area contributed by atoms with Gasteiger partial charge in [-0.25, -0.2) is 0 Å². The van der Waals surface area contributed by atoms with Crippen molar-refractivity contribution in [1.82, 2.24) is 4.57 Å². The molecule has 1 aromatic carbocycles. The predicted molar refractivity (Wildman–Crippen MR) is 70.3 cm³/mol. The van der Waals surface area contributed by atoms with Crippen LogP contribution in [0, 0.1) is 5.92 Å². The zero-order valence-corrected chi connectivity index (χ0v) is 10.5. The maximum Gasteiger partial charge on any atom is 0.289 e. The summed E-state index contributed by atoms with van der Waals surface area (Å²) in [6, 6.07) is 7.54. The summed E-state index contributed by atoms with van der Waals surface area (Å²) in [5.41, 5.74) is 6.41. The van der Waals surface area contributed by atoms with Gasteiger partial charge in [0.25, 0.3) is 11.7 Å². The molecule has 0 saturated heterocycles. The van der Waals surface area contributed by atoms with E-state index in [9.17, 15) is 9.59 Å². The minimum Gasteiger partial charge on any atom is -0.363 e. The summed E-state index contributed by atoms with van der Waals surface area (Å²) in [6.45, 7) is 5.00. The van der Waals surface area contributed by atoms with Gasteiger partial charge in [0, 0.05) is 23.6 Å². The number of fused-ring (bicyclic) bond motifs is 1. The summed E-state index contributed by atoms with van der Waals surface area (Å²) in [4.78, 5) is 22.8. The number of ketones is 1. The van der Waals surface area contributed by atoms with Gasteiger partial charge in [-0.2, -0.15) is 0 Å². The quantitative estimate of drug-likeness (QED) is 0.660. The second-order valence-electron chi connectivity index (χ2n) is 4.80. The third kappa shape index (κ3) is 2.14. The molecular formula is C14H16N2O2. The monoisotopic (exact) mass is 244 g/mol. The molecule has 2 N–H and O–H groups in total. The number of para-hydroxylation sites is 1. The lowest BCUT2D eigenvalue weighted by Crippen LogP contribution is -2.22. The minimum atomic E-state index is -0.914. The molecule has 0 atom stereocenters. The Morgan fingerprint density at radius 3 is 2.56 bits per heavy atom. The van der Waals surface area contributed by atoms with E-state index in [4.69, 9.17) is 5.73 Å². The van der Waals surface area contributed by atoms with Crippen molar-refractivity contribution >= 4 is 22.6 Å². The third-order valence-corrected chi connectivity index (χ3v) is 2.82. The van der Waals surface area contributed by atoms with E-state index in [1.54, 1.807) is 6.20 Å². The Labute approximate surface area is 105 Å². The van der Waals surface area contributed by atoms with E-state index in [0.29, 0.717) is 11.5 Å². The average molecular weight is 244 g/mol. The second kappa shape index (κ2) is 4.64. The van der Waals surface area contributed by atoms with Crippen molar-refractivity contribution in [2.75, 3.05) is 0 Å². The number of rotatable bonds is 4. The van der Waals surface area contributed by atoms with Gasteiger partial charge >= 0.3 is 0 Å². The second-order valence-corrected chi connectivity index (χ2v) is 4.80. The van der Waals surface area contributed by atoms with E-state index in [1.807, 2.05) is 28.8 Å². The van der Waals surface area contributed by atoms with Crippen LogP contribution in [0.25, 0.3) is 10.9 Å². The molecule has 0 aliphatic heterocycles. The number of aromatic nitrogens is 1. The Kier molecular flexibility index (Phi) is 3.19. The van der Waals surface area contributed by atoms with E-state index in [0.717, 1.165) is 17.4 Å². The Bertz CT molecular complexity index is 611. The third-order valence-electron chi connectivity index (χ3n) is 2.82. The van der Waals surface area contributed by atoms with E-state index >= 15 is 0 Å². The Hall–Kier alpha value is -2.10. The van der Waals surface area contributed by atoms with Crippen LogP contribution < -0.4 is 5.73 Å². The number of hydrogen-bond donors (Lipinski definition) is 1. The van der Waals surface area contributed by atoms with E-state index in [-0.39, 0.29) is 0 Å². The molecule has 0 spiro atoms. The Morgan fingerprint density at radius 1 is 1.28 bits per heavy atom. The largest absolute Gasteiger partial charge is 0.363 e. The first-order chi connectivity index (χ1) is 8.50. The molecule has 0 fully saturated rings. The van der Waals surface area contributed by atoms with Crippen LogP contribution in [0.2, 0.25) is 0 Å². The molecule has 1 aromatic heterocycles. The molecule has 94 valence electrons. The van der Waals surface area contributed by atoms with Gasteiger partial charge in [-0.1, -0.05) is 32.0 Å². The van der Waals surface area contributed by atoms with Crippen molar-refractivity contribution in [3.05, 3.63) is 36.0 Å². The molecule has 2 aromatic rings. The van der Waals surface area contributed by atoms with Crippen LogP contribution in [0.3, 0.4) is 0 Å². The van der Waals surface area contributed by atoms with Gasteiger partial charge in [0.05, 0.1) is 5.56 Å². The number of Topliss-reactive ketones (excluding diaryl/α,β-unsaturated/α-hetero) is 1. The first kappa shape index (κ1) is 12.4. The molecule has 0 radical (unpaired) electrons. The highest BCUT2D eigenvalue weighted by Crippen LogP contribution is 2.22. The van der Waals surface area contributed by atoms with Crippen molar-refractivity contribution in [2.45, 2.75) is 20.4 Å². The van der Waals surface area contributed by atoms with Crippen molar-refractivity contribution < 1.29 is 9.59 Å².